The Morgan fingerprint density at radius 1 is 1.38 bits per heavy atom. The molecule has 0 saturated heterocycles. The molecule has 0 saturated carbocycles. The molecule has 2 nitrogen and oxygen atoms in total. The molecule has 1 rings (SSSR count). The Balaban J connectivity index is 2.22. The number of hydrogen-bond donors (Lipinski definition) is 0. The molecule has 1 unspecified atom stereocenters. The van der Waals surface area contributed by atoms with Crippen molar-refractivity contribution in [2.24, 2.45) is 0 Å². The summed E-state index contributed by atoms with van der Waals surface area (Å²) < 4.78 is 6.67. The van der Waals surface area contributed by atoms with Crippen LogP contribution in [0.5, 0.6) is 5.75 Å². The van der Waals surface area contributed by atoms with Crippen molar-refractivity contribution in [1.82, 2.24) is 4.90 Å². The molecule has 0 amide bonds. The molecule has 0 aliphatic rings. The van der Waals surface area contributed by atoms with Gasteiger partial charge in [-0.1, -0.05) is 15.9 Å². The SMILES string of the molecule is CC(Cl)CN(C)CCOc1ccc(Br)cc1. The van der Waals surface area contributed by atoms with Crippen LogP contribution in [0.15, 0.2) is 28.7 Å². The summed E-state index contributed by atoms with van der Waals surface area (Å²) in [6, 6.07) is 7.85. The molecule has 1 atom stereocenters. The fourth-order valence-corrected chi connectivity index (χ4v) is 1.87. The summed E-state index contributed by atoms with van der Waals surface area (Å²) in [5.41, 5.74) is 0. The molecule has 0 aromatic heterocycles. The second-order valence-electron chi connectivity index (χ2n) is 3.85. The van der Waals surface area contributed by atoms with Gasteiger partial charge in [-0.15, -0.1) is 11.6 Å². The van der Waals surface area contributed by atoms with Gasteiger partial charge in [-0.2, -0.15) is 0 Å². The highest BCUT2D eigenvalue weighted by atomic mass is 79.9. The van der Waals surface area contributed by atoms with Crippen LogP contribution in [0.2, 0.25) is 0 Å². The first kappa shape index (κ1) is 13.8. The van der Waals surface area contributed by atoms with Gasteiger partial charge in [0.25, 0.3) is 0 Å². The minimum atomic E-state index is 0.178. The second kappa shape index (κ2) is 7.15. The number of benzene rings is 1. The highest BCUT2D eigenvalue weighted by Gasteiger charge is 2.02. The van der Waals surface area contributed by atoms with Crippen molar-refractivity contribution < 1.29 is 4.74 Å². The molecular formula is C12H17BrClNO. The second-order valence-corrected chi connectivity index (χ2v) is 5.51. The van der Waals surface area contributed by atoms with Crippen LogP contribution in [0.25, 0.3) is 0 Å². The first-order chi connectivity index (χ1) is 7.58. The first-order valence-electron chi connectivity index (χ1n) is 5.29. The molecule has 0 aliphatic heterocycles. The zero-order chi connectivity index (χ0) is 12.0. The van der Waals surface area contributed by atoms with Gasteiger partial charge in [0.2, 0.25) is 0 Å². The van der Waals surface area contributed by atoms with Gasteiger partial charge in [0, 0.05) is 22.9 Å². The Hall–Kier alpha value is -0.250. The fourth-order valence-electron chi connectivity index (χ4n) is 1.37. The Morgan fingerprint density at radius 2 is 2.00 bits per heavy atom. The summed E-state index contributed by atoms with van der Waals surface area (Å²) in [5, 5.41) is 0.178. The Morgan fingerprint density at radius 3 is 2.56 bits per heavy atom. The number of likely N-dealkylation sites (N-methyl/N-ethyl adjacent to an activating group) is 1. The van der Waals surface area contributed by atoms with Gasteiger partial charge in [0.05, 0.1) is 0 Å². The third kappa shape index (κ3) is 5.73. The van der Waals surface area contributed by atoms with Crippen LogP contribution in [0.4, 0.5) is 0 Å². The van der Waals surface area contributed by atoms with E-state index in [0.29, 0.717) is 6.61 Å². The number of hydrogen-bond acceptors (Lipinski definition) is 2. The maximum Gasteiger partial charge on any atom is 0.119 e. The molecule has 0 radical (unpaired) electrons. The topological polar surface area (TPSA) is 12.5 Å². The lowest BCUT2D eigenvalue weighted by Gasteiger charge is -2.17. The largest absolute Gasteiger partial charge is 0.492 e. The number of rotatable bonds is 6. The van der Waals surface area contributed by atoms with E-state index in [4.69, 9.17) is 16.3 Å². The summed E-state index contributed by atoms with van der Waals surface area (Å²) in [6.07, 6.45) is 0. The zero-order valence-electron chi connectivity index (χ0n) is 9.62. The van der Waals surface area contributed by atoms with Crippen LogP contribution >= 0.6 is 27.5 Å². The third-order valence-corrected chi connectivity index (χ3v) is 2.79. The van der Waals surface area contributed by atoms with Crippen LogP contribution in [-0.2, 0) is 0 Å². The van der Waals surface area contributed by atoms with Crippen LogP contribution in [0.1, 0.15) is 6.92 Å². The molecule has 0 spiro atoms. The number of nitrogens with zero attached hydrogens (tertiary/aromatic N) is 1. The van der Waals surface area contributed by atoms with Crippen LogP contribution in [-0.4, -0.2) is 37.0 Å². The van der Waals surface area contributed by atoms with E-state index in [9.17, 15) is 0 Å². The zero-order valence-corrected chi connectivity index (χ0v) is 12.0. The lowest BCUT2D eigenvalue weighted by atomic mass is 10.3. The lowest BCUT2D eigenvalue weighted by molar-refractivity contribution is 0.238. The molecule has 0 bridgehead atoms. The van der Waals surface area contributed by atoms with Crippen molar-refractivity contribution in [1.29, 1.82) is 0 Å². The van der Waals surface area contributed by atoms with Gasteiger partial charge < -0.3 is 9.64 Å². The minimum absolute atomic E-state index is 0.178. The predicted octanol–water partition coefficient (Wildman–Crippen LogP) is 3.39. The summed E-state index contributed by atoms with van der Waals surface area (Å²) in [7, 11) is 2.05. The van der Waals surface area contributed by atoms with E-state index in [1.165, 1.54) is 0 Å². The maximum atomic E-state index is 5.90. The van der Waals surface area contributed by atoms with E-state index in [-0.39, 0.29) is 5.38 Å². The van der Waals surface area contributed by atoms with Gasteiger partial charge in [-0.25, -0.2) is 0 Å². The van der Waals surface area contributed by atoms with Crippen molar-refractivity contribution in [2.75, 3.05) is 26.7 Å². The van der Waals surface area contributed by atoms with Gasteiger partial charge in [0.15, 0.2) is 0 Å². The van der Waals surface area contributed by atoms with Crippen molar-refractivity contribution in [2.45, 2.75) is 12.3 Å². The average molecular weight is 307 g/mol. The molecule has 0 aliphatic carbocycles. The van der Waals surface area contributed by atoms with E-state index in [0.717, 1.165) is 23.3 Å². The smallest absolute Gasteiger partial charge is 0.119 e. The molecule has 0 fully saturated rings. The molecule has 0 heterocycles. The normalized spacial score (nSPS) is 12.8. The number of halogens is 2. The predicted molar refractivity (Wildman–Crippen MR) is 72.4 cm³/mol. The Labute approximate surface area is 111 Å². The van der Waals surface area contributed by atoms with Crippen LogP contribution in [0, 0.1) is 0 Å². The Kier molecular flexibility index (Phi) is 6.17. The molecule has 16 heavy (non-hydrogen) atoms. The van der Waals surface area contributed by atoms with E-state index in [1.807, 2.05) is 38.2 Å². The molecule has 90 valence electrons. The van der Waals surface area contributed by atoms with Crippen molar-refractivity contribution in [3.63, 3.8) is 0 Å². The summed E-state index contributed by atoms with van der Waals surface area (Å²) >= 11 is 9.28. The Bertz CT molecular complexity index is 302. The summed E-state index contributed by atoms with van der Waals surface area (Å²) in [4.78, 5) is 2.16. The van der Waals surface area contributed by atoms with Crippen LogP contribution in [0.3, 0.4) is 0 Å². The quantitative estimate of drug-likeness (QED) is 0.747. The monoisotopic (exact) mass is 305 g/mol. The van der Waals surface area contributed by atoms with E-state index in [2.05, 4.69) is 20.8 Å². The standard InChI is InChI=1S/C12H17BrClNO/c1-10(14)9-15(2)7-8-16-12-5-3-11(13)4-6-12/h3-6,10H,7-9H2,1-2H3. The average Bonchev–Trinajstić information content (AvgIpc) is 2.20. The molecule has 1 aromatic rings. The highest BCUT2D eigenvalue weighted by molar-refractivity contribution is 9.10. The molecular weight excluding hydrogens is 289 g/mol. The summed E-state index contributed by atoms with van der Waals surface area (Å²) in [5.74, 6) is 0.899. The molecule has 0 N–H and O–H groups in total. The van der Waals surface area contributed by atoms with Gasteiger partial charge in [-0.3, -0.25) is 0 Å². The van der Waals surface area contributed by atoms with E-state index >= 15 is 0 Å². The van der Waals surface area contributed by atoms with Gasteiger partial charge in [0.1, 0.15) is 12.4 Å². The van der Waals surface area contributed by atoms with E-state index < -0.39 is 0 Å². The first-order valence-corrected chi connectivity index (χ1v) is 6.52. The third-order valence-electron chi connectivity index (χ3n) is 2.12. The van der Waals surface area contributed by atoms with Crippen molar-refractivity contribution >= 4 is 27.5 Å². The molecule has 1 aromatic carbocycles. The molecule has 4 heteroatoms. The van der Waals surface area contributed by atoms with Gasteiger partial charge >= 0.3 is 0 Å². The fraction of sp³-hybridized carbons (Fsp3) is 0.500. The number of alkyl halides is 1. The highest BCUT2D eigenvalue weighted by Crippen LogP contribution is 2.15. The summed E-state index contributed by atoms with van der Waals surface area (Å²) in [6.45, 7) is 4.44. The minimum Gasteiger partial charge on any atom is -0.492 e. The van der Waals surface area contributed by atoms with Gasteiger partial charge in [-0.05, 0) is 38.2 Å². The van der Waals surface area contributed by atoms with Crippen molar-refractivity contribution in [3.8, 4) is 5.75 Å². The maximum absolute atomic E-state index is 5.90. The van der Waals surface area contributed by atoms with E-state index in [1.54, 1.807) is 0 Å². The van der Waals surface area contributed by atoms with Crippen LogP contribution < -0.4 is 4.74 Å². The number of ether oxygens (including phenoxy) is 1. The lowest BCUT2D eigenvalue weighted by Crippen LogP contribution is -2.29. The van der Waals surface area contributed by atoms with Crippen molar-refractivity contribution in [3.05, 3.63) is 28.7 Å².